The molecule has 0 amide bonds. The number of benzene rings is 2. The summed E-state index contributed by atoms with van der Waals surface area (Å²) in [5.74, 6) is 0. The number of hydrogen-bond donors (Lipinski definition) is 1. The summed E-state index contributed by atoms with van der Waals surface area (Å²) in [4.78, 5) is 0.268. The van der Waals surface area contributed by atoms with Crippen molar-refractivity contribution in [2.75, 3.05) is 4.72 Å². The predicted molar refractivity (Wildman–Crippen MR) is 89.9 cm³/mol. The molecule has 0 radical (unpaired) electrons. The molecule has 23 heavy (non-hydrogen) atoms. The molecule has 0 unspecified atom stereocenters. The van der Waals surface area contributed by atoms with Gasteiger partial charge in [-0.3, -0.25) is 4.72 Å². The van der Waals surface area contributed by atoms with E-state index in [2.05, 4.69) is 9.82 Å². The van der Waals surface area contributed by atoms with Crippen LogP contribution in [0.15, 0.2) is 78.0 Å². The Bertz CT molecular complexity index is 1110. The highest BCUT2D eigenvalue weighted by Crippen LogP contribution is 2.25. The number of aromatic nitrogens is 2. The Morgan fingerprint density at radius 3 is 2.70 bits per heavy atom. The summed E-state index contributed by atoms with van der Waals surface area (Å²) >= 11 is 0. The van der Waals surface area contributed by atoms with Gasteiger partial charge in [0.05, 0.1) is 16.1 Å². The first kappa shape index (κ1) is 13.8. The Morgan fingerprint density at radius 1 is 0.957 bits per heavy atom. The molecule has 5 nitrogen and oxygen atoms in total. The van der Waals surface area contributed by atoms with E-state index >= 15 is 0 Å². The molecule has 0 saturated carbocycles. The third kappa shape index (κ3) is 2.43. The lowest BCUT2D eigenvalue weighted by atomic mass is 10.1. The summed E-state index contributed by atoms with van der Waals surface area (Å²) < 4.78 is 29.8. The number of nitrogens with one attached hydrogen (secondary N) is 1. The molecule has 0 atom stereocenters. The van der Waals surface area contributed by atoms with Crippen molar-refractivity contribution in [2.24, 2.45) is 0 Å². The second-order valence-electron chi connectivity index (χ2n) is 5.20. The number of anilines is 1. The quantitative estimate of drug-likeness (QED) is 0.629. The predicted octanol–water partition coefficient (Wildman–Crippen LogP) is 3.29. The van der Waals surface area contributed by atoms with E-state index in [1.807, 2.05) is 36.4 Å². The van der Waals surface area contributed by atoms with Crippen LogP contribution in [0.5, 0.6) is 0 Å². The Morgan fingerprint density at radius 2 is 1.78 bits per heavy atom. The number of pyridine rings is 1. The van der Waals surface area contributed by atoms with Gasteiger partial charge in [0.1, 0.15) is 0 Å². The van der Waals surface area contributed by atoms with Crippen LogP contribution in [0, 0.1) is 0 Å². The second kappa shape index (κ2) is 5.10. The van der Waals surface area contributed by atoms with Crippen LogP contribution in [-0.4, -0.2) is 18.0 Å². The van der Waals surface area contributed by atoms with E-state index in [0.717, 1.165) is 10.9 Å². The Labute approximate surface area is 133 Å². The van der Waals surface area contributed by atoms with Crippen LogP contribution in [-0.2, 0) is 10.0 Å². The van der Waals surface area contributed by atoms with Gasteiger partial charge in [0, 0.05) is 17.8 Å². The van der Waals surface area contributed by atoms with Crippen molar-refractivity contribution in [1.82, 2.24) is 9.61 Å². The first-order valence-corrected chi connectivity index (χ1v) is 8.56. The zero-order chi connectivity index (χ0) is 15.9. The van der Waals surface area contributed by atoms with Crippen LogP contribution in [0.2, 0.25) is 0 Å². The van der Waals surface area contributed by atoms with E-state index in [0.29, 0.717) is 11.1 Å². The fourth-order valence-electron chi connectivity index (χ4n) is 2.63. The van der Waals surface area contributed by atoms with Crippen LogP contribution in [0.1, 0.15) is 0 Å². The van der Waals surface area contributed by atoms with Gasteiger partial charge in [-0.2, -0.15) is 5.10 Å². The summed E-state index contributed by atoms with van der Waals surface area (Å²) in [5.41, 5.74) is 1.33. The number of nitrogens with zero attached hydrogens (tertiary/aromatic N) is 2. The second-order valence-corrected chi connectivity index (χ2v) is 6.85. The maximum absolute atomic E-state index is 12.8. The molecule has 0 aliphatic heterocycles. The van der Waals surface area contributed by atoms with Gasteiger partial charge in [0.15, 0.2) is 0 Å². The van der Waals surface area contributed by atoms with Gasteiger partial charge in [-0.25, -0.2) is 12.9 Å². The van der Waals surface area contributed by atoms with Crippen molar-refractivity contribution in [3.63, 3.8) is 0 Å². The molecule has 4 rings (SSSR count). The average molecular weight is 323 g/mol. The Hall–Kier alpha value is -2.86. The summed E-state index contributed by atoms with van der Waals surface area (Å²) in [7, 11) is -3.67. The van der Waals surface area contributed by atoms with Crippen molar-refractivity contribution in [2.45, 2.75) is 4.90 Å². The van der Waals surface area contributed by atoms with E-state index in [9.17, 15) is 8.42 Å². The van der Waals surface area contributed by atoms with Gasteiger partial charge in [-0.15, -0.1) is 0 Å². The van der Waals surface area contributed by atoms with Crippen LogP contribution in [0.4, 0.5) is 5.69 Å². The average Bonchev–Trinajstić information content (AvgIpc) is 3.01. The number of rotatable bonds is 3. The molecule has 0 aliphatic rings. The fraction of sp³-hybridized carbons (Fsp3) is 0. The zero-order valence-corrected chi connectivity index (χ0v) is 12.9. The van der Waals surface area contributed by atoms with Crippen molar-refractivity contribution < 1.29 is 8.42 Å². The van der Waals surface area contributed by atoms with Gasteiger partial charge >= 0.3 is 0 Å². The van der Waals surface area contributed by atoms with Gasteiger partial charge in [0.25, 0.3) is 10.0 Å². The third-order valence-corrected chi connectivity index (χ3v) is 5.13. The monoisotopic (exact) mass is 323 g/mol. The maximum atomic E-state index is 12.8. The fourth-order valence-corrected chi connectivity index (χ4v) is 3.91. The highest BCUT2D eigenvalue weighted by atomic mass is 32.2. The highest BCUT2D eigenvalue weighted by molar-refractivity contribution is 7.93. The van der Waals surface area contributed by atoms with E-state index in [-0.39, 0.29) is 4.90 Å². The molecule has 2 heterocycles. The minimum Gasteiger partial charge on any atom is -0.279 e. The largest absolute Gasteiger partial charge is 0.279 e. The van der Waals surface area contributed by atoms with Crippen molar-refractivity contribution in [1.29, 1.82) is 0 Å². The van der Waals surface area contributed by atoms with E-state index < -0.39 is 10.0 Å². The Kier molecular flexibility index (Phi) is 3.06. The van der Waals surface area contributed by atoms with Gasteiger partial charge in [-0.05, 0) is 29.7 Å². The number of fused-ring (bicyclic) bond motifs is 2. The van der Waals surface area contributed by atoms with E-state index in [1.54, 1.807) is 41.2 Å². The van der Waals surface area contributed by atoms with Crippen molar-refractivity contribution in [3.05, 3.63) is 73.1 Å². The van der Waals surface area contributed by atoms with Crippen molar-refractivity contribution in [3.8, 4) is 0 Å². The normalized spacial score (nSPS) is 11.8. The third-order valence-electron chi connectivity index (χ3n) is 3.69. The molecule has 0 aliphatic carbocycles. The summed E-state index contributed by atoms with van der Waals surface area (Å²) in [6.45, 7) is 0. The SMILES string of the molecule is O=S(=O)(Nc1ccn2nccc2c1)c1cccc2ccccc12. The molecule has 2 aromatic heterocycles. The Balaban J connectivity index is 1.80. The molecule has 0 bridgehead atoms. The summed E-state index contributed by atoms with van der Waals surface area (Å²) in [6, 6.07) is 17.9. The molecule has 0 spiro atoms. The van der Waals surface area contributed by atoms with E-state index in [4.69, 9.17) is 0 Å². The lowest BCUT2D eigenvalue weighted by Gasteiger charge is -2.10. The summed E-state index contributed by atoms with van der Waals surface area (Å²) in [6.07, 6.45) is 3.38. The lowest BCUT2D eigenvalue weighted by molar-refractivity contribution is 0.602. The van der Waals surface area contributed by atoms with E-state index in [1.165, 1.54) is 0 Å². The van der Waals surface area contributed by atoms with Gasteiger partial charge in [-0.1, -0.05) is 36.4 Å². The lowest BCUT2D eigenvalue weighted by Crippen LogP contribution is -2.13. The molecule has 0 saturated heterocycles. The van der Waals surface area contributed by atoms with Crippen LogP contribution >= 0.6 is 0 Å². The number of sulfonamides is 1. The molecular weight excluding hydrogens is 310 g/mol. The summed E-state index contributed by atoms with van der Waals surface area (Å²) in [5, 5.41) is 5.69. The molecule has 2 aromatic carbocycles. The van der Waals surface area contributed by atoms with Crippen LogP contribution in [0.3, 0.4) is 0 Å². The minimum atomic E-state index is -3.67. The first-order chi connectivity index (χ1) is 11.1. The molecule has 6 heteroatoms. The highest BCUT2D eigenvalue weighted by Gasteiger charge is 2.17. The topological polar surface area (TPSA) is 63.5 Å². The first-order valence-electron chi connectivity index (χ1n) is 7.07. The molecule has 1 N–H and O–H groups in total. The maximum Gasteiger partial charge on any atom is 0.262 e. The zero-order valence-electron chi connectivity index (χ0n) is 12.0. The smallest absolute Gasteiger partial charge is 0.262 e. The van der Waals surface area contributed by atoms with Gasteiger partial charge < -0.3 is 0 Å². The molecule has 4 aromatic rings. The van der Waals surface area contributed by atoms with Crippen LogP contribution < -0.4 is 4.72 Å². The minimum absolute atomic E-state index is 0.268. The molecule has 0 fully saturated rings. The standard InChI is InChI=1S/C17H13N3O2S/c21-23(22,17-7-3-5-13-4-1-2-6-16(13)17)19-14-9-11-20-15(12-14)8-10-18-20/h1-12,19H. The molecule has 114 valence electrons. The van der Waals surface area contributed by atoms with Crippen molar-refractivity contribution >= 4 is 32.0 Å². The number of hydrogen-bond acceptors (Lipinski definition) is 3. The molecular formula is C17H13N3O2S. The van der Waals surface area contributed by atoms with Gasteiger partial charge in [0.2, 0.25) is 0 Å². The van der Waals surface area contributed by atoms with Crippen LogP contribution in [0.25, 0.3) is 16.3 Å².